The van der Waals surface area contributed by atoms with Gasteiger partial charge in [-0.2, -0.15) is 0 Å². The van der Waals surface area contributed by atoms with E-state index in [0.29, 0.717) is 10.9 Å². The Morgan fingerprint density at radius 1 is 1.60 bits per heavy atom. The van der Waals surface area contributed by atoms with Gasteiger partial charge >= 0.3 is 0 Å². The summed E-state index contributed by atoms with van der Waals surface area (Å²) in [7, 11) is 1.49. The molecular weight excluding hydrogens is 332 g/mol. The Morgan fingerprint density at radius 2 is 2.30 bits per heavy atom. The average molecular weight is 347 g/mol. The number of nitro groups is 1. The van der Waals surface area contributed by atoms with Crippen molar-refractivity contribution in [2.24, 2.45) is 0 Å². The number of carbonyl (C=O) groups excluding carboxylic acids is 1. The molecule has 1 aromatic rings. The van der Waals surface area contributed by atoms with Gasteiger partial charge in [-0.3, -0.25) is 14.9 Å². The minimum Gasteiger partial charge on any atom is -0.396 e. The van der Waals surface area contributed by atoms with E-state index in [-0.39, 0.29) is 30.5 Å². The molecule has 0 aromatic heterocycles. The molecular formula is C12H15BrN2O5. The van der Waals surface area contributed by atoms with Gasteiger partial charge in [0.1, 0.15) is 0 Å². The van der Waals surface area contributed by atoms with E-state index in [1.54, 1.807) is 0 Å². The molecule has 1 atom stereocenters. The van der Waals surface area contributed by atoms with Crippen molar-refractivity contribution in [1.29, 1.82) is 0 Å². The number of methoxy groups -OCH3 is 1. The van der Waals surface area contributed by atoms with Gasteiger partial charge in [-0.05, 0) is 34.5 Å². The van der Waals surface area contributed by atoms with Gasteiger partial charge < -0.3 is 15.2 Å². The number of amides is 1. The van der Waals surface area contributed by atoms with E-state index in [1.165, 1.54) is 25.3 Å². The zero-order chi connectivity index (χ0) is 15.1. The number of halogens is 1. The van der Waals surface area contributed by atoms with Crippen molar-refractivity contribution < 1.29 is 19.6 Å². The fourth-order valence-electron chi connectivity index (χ4n) is 1.62. The lowest BCUT2D eigenvalue weighted by Gasteiger charge is -2.16. The van der Waals surface area contributed by atoms with Crippen LogP contribution in [0.4, 0.5) is 5.69 Å². The summed E-state index contributed by atoms with van der Waals surface area (Å²) in [6.07, 6.45) is 0.345. The lowest BCUT2D eigenvalue weighted by Crippen LogP contribution is -2.38. The minimum atomic E-state index is -0.568. The van der Waals surface area contributed by atoms with E-state index in [4.69, 9.17) is 9.84 Å². The minimum absolute atomic E-state index is 0.0885. The van der Waals surface area contributed by atoms with Crippen LogP contribution in [-0.2, 0) is 4.74 Å². The van der Waals surface area contributed by atoms with Crippen LogP contribution in [-0.4, -0.2) is 42.3 Å². The van der Waals surface area contributed by atoms with Crippen LogP contribution >= 0.6 is 15.9 Å². The van der Waals surface area contributed by atoms with Crippen molar-refractivity contribution in [3.05, 3.63) is 38.3 Å². The Balaban J connectivity index is 2.86. The Hall–Kier alpha value is -1.51. The molecule has 1 aromatic carbocycles. The van der Waals surface area contributed by atoms with Crippen LogP contribution in [0.5, 0.6) is 0 Å². The Bertz CT molecular complexity index is 489. The largest absolute Gasteiger partial charge is 0.396 e. The highest BCUT2D eigenvalue weighted by atomic mass is 79.9. The quantitative estimate of drug-likeness (QED) is 0.575. The lowest BCUT2D eigenvalue weighted by molar-refractivity contribution is -0.385. The van der Waals surface area contributed by atoms with Gasteiger partial charge in [-0.15, -0.1) is 0 Å². The van der Waals surface area contributed by atoms with E-state index < -0.39 is 10.8 Å². The Morgan fingerprint density at radius 3 is 2.85 bits per heavy atom. The molecule has 0 bridgehead atoms. The van der Waals surface area contributed by atoms with Gasteiger partial charge in [0.2, 0.25) is 0 Å². The highest BCUT2D eigenvalue weighted by molar-refractivity contribution is 9.10. The van der Waals surface area contributed by atoms with Gasteiger partial charge in [-0.1, -0.05) is 0 Å². The van der Waals surface area contributed by atoms with Crippen molar-refractivity contribution in [2.45, 2.75) is 12.5 Å². The molecule has 1 unspecified atom stereocenters. The first-order chi connectivity index (χ1) is 9.49. The van der Waals surface area contributed by atoms with Crippen LogP contribution in [0.1, 0.15) is 16.8 Å². The second kappa shape index (κ2) is 7.93. The maximum atomic E-state index is 12.0. The summed E-state index contributed by atoms with van der Waals surface area (Å²) < 4.78 is 5.24. The van der Waals surface area contributed by atoms with Crippen LogP contribution in [0.2, 0.25) is 0 Å². The third-order valence-corrected chi connectivity index (χ3v) is 3.26. The highest BCUT2D eigenvalue weighted by Crippen LogP contribution is 2.25. The summed E-state index contributed by atoms with van der Waals surface area (Å²) in [6, 6.07) is 3.78. The molecule has 0 aliphatic rings. The number of nitrogens with one attached hydrogen (secondary N) is 1. The maximum absolute atomic E-state index is 12.0. The number of rotatable bonds is 7. The molecule has 20 heavy (non-hydrogen) atoms. The van der Waals surface area contributed by atoms with Crippen molar-refractivity contribution >= 4 is 27.5 Å². The molecule has 2 N–H and O–H groups in total. The molecule has 1 rings (SSSR count). The van der Waals surface area contributed by atoms with E-state index >= 15 is 0 Å². The van der Waals surface area contributed by atoms with E-state index in [9.17, 15) is 14.9 Å². The molecule has 1 amide bonds. The van der Waals surface area contributed by atoms with Crippen LogP contribution in [0.3, 0.4) is 0 Å². The first-order valence-electron chi connectivity index (χ1n) is 5.84. The normalized spacial score (nSPS) is 11.9. The summed E-state index contributed by atoms with van der Waals surface area (Å²) in [5, 5.41) is 22.4. The summed E-state index contributed by atoms with van der Waals surface area (Å²) in [6.45, 7) is 0.166. The first kappa shape index (κ1) is 16.5. The van der Waals surface area contributed by atoms with Gasteiger partial charge in [-0.25, -0.2) is 0 Å². The molecule has 0 radical (unpaired) electrons. The standard InChI is InChI=1S/C12H15BrN2O5/c1-20-7-9(4-5-16)14-12(17)8-2-3-10(13)11(6-8)15(18)19/h2-3,6,9,16H,4-5,7H2,1H3,(H,14,17). The van der Waals surface area contributed by atoms with Gasteiger partial charge in [0.25, 0.3) is 11.6 Å². The second-order valence-corrected chi connectivity index (χ2v) is 4.92. The predicted octanol–water partition coefficient (Wildman–Crippen LogP) is 1.48. The number of nitro benzene ring substituents is 1. The topological polar surface area (TPSA) is 102 Å². The summed E-state index contributed by atoms with van der Waals surface area (Å²) in [5.41, 5.74) is 0.00189. The van der Waals surface area contributed by atoms with Crippen molar-refractivity contribution in [3.63, 3.8) is 0 Å². The predicted molar refractivity (Wildman–Crippen MR) is 75.6 cm³/mol. The molecule has 7 nitrogen and oxygen atoms in total. The number of nitrogens with zero attached hydrogens (tertiary/aromatic N) is 1. The molecule has 110 valence electrons. The molecule has 0 aliphatic carbocycles. The third kappa shape index (κ3) is 4.55. The zero-order valence-corrected chi connectivity index (χ0v) is 12.4. The number of carbonyl (C=O) groups is 1. The van der Waals surface area contributed by atoms with Crippen molar-refractivity contribution in [1.82, 2.24) is 5.32 Å². The number of benzene rings is 1. The zero-order valence-electron chi connectivity index (χ0n) is 10.8. The average Bonchev–Trinajstić information content (AvgIpc) is 2.39. The number of hydrogen-bond donors (Lipinski definition) is 2. The number of hydrogen-bond acceptors (Lipinski definition) is 5. The molecule has 0 fully saturated rings. The Kier molecular flexibility index (Phi) is 6.56. The molecule has 0 heterocycles. The van der Waals surface area contributed by atoms with Crippen LogP contribution in [0, 0.1) is 10.1 Å². The number of aliphatic hydroxyl groups excluding tert-OH is 1. The molecule has 0 saturated heterocycles. The smallest absolute Gasteiger partial charge is 0.284 e. The van der Waals surface area contributed by atoms with E-state index in [1.807, 2.05) is 0 Å². The number of aliphatic hydroxyl groups is 1. The van der Waals surface area contributed by atoms with Crippen molar-refractivity contribution in [2.75, 3.05) is 20.3 Å². The van der Waals surface area contributed by atoms with Crippen molar-refractivity contribution in [3.8, 4) is 0 Å². The third-order valence-electron chi connectivity index (χ3n) is 2.59. The first-order valence-corrected chi connectivity index (χ1v) is 6.63. The molecule has 0 aliphatic heterocycles. The summed E-state index contributed by atoms with van der Waals surface area (Å²) in [5.74, 6) is -0.448. The fourth-order valence-corrected chi connectivity index (χ4v) is 2.01. The molecule has 0 spiro atoms. The monoisotopic (exact) mass is 346 g/mol. The van der Waals surface area contributed by atoms with E-state index in [0.717, 1.165) is 0 Å². The Labute approximate surface area is 124 Å². The van der Waals surface area contributed by atoms with Crippen LogP contribution < -0.4 is 5.32 Å². The van der Waals surface area contributed by atoms with Gasteiger partial charge in [0.05, 0.1) is 22.0 Å². The highest BCUT2D eigenvalue weighted by Gasteiger charge is 2.18. The summed E-state index contributed by atoms with van der Waals surface area (Å²) >= 11 is 3.05. The van der Waals surface area contributed by atoms with Crippen LogP contribution in [0.15, 0.2) is 22.7 Å². The number of ether oxygens (including phenoxy) is 1. The van der Waals surface area contributed by atoms with Gasteiger partial charge in [0.15, 0.2) is 0 Å². The van der Waals surface area contributed by atoms with E-state index in [2.05, 4.69) is 21.2 Å². The van der Waals surface area contributed by atoms with Crippen LogP contribution in [0.25, 0.3) is 0 Å². The lowest BCUT2D eigenvalue weighted by atomic mass is 10.1. The van der Waals surface area contributed by atoms with Gasteiger partial charge in [0, 0.05) is 25.3 Å². The fraction of sp³-hybridized carbons (Fsp3) is 0.417. The molecule has 8 heteroatoms. The summed E-state index contributed by atoms with van der Waals surface area (Å²) in [4.78, 5) is 22.3. The molecule has 0 saturated carbocycles. The SMILES string of the molecule is COCC(CCO)NC(=O)c1ccc(Br)c([N+](=O)[O-])c1. The second-order valence-electron chi connectivity index (χ2n) is 4.06. The maximum Gasteiger partial charge on any atom is 0.284 e.